The molecule has 10 heteroatoms. The Balaban J connectivity index is 3.89. The van der Waals surface area contributed by atoms with E-state index >= 15 is 0 Å². The minimum Gasteiger partial charge on any atom is -0.462 e. The Morgan fingerprint density at radius 2 is 0.730 bits per heavy atom. The molecule has 1 N–H and O–H groups in total. The van der Waals surface area contributed by atoms with Crippen molar-refractivity contribution >= 4 is 19.8 Å². The van der Waals surface area contributed by atoms with E-state index in [2.05, 4.69) is 50.3 Å². The molecule has 0 aliphatic rings. The predicted octanol–water partition coefficient (Wildman–Crippen LogP) is 19.9. The molecule has 0 bridgehead atoms. The van der Waals surface area contributed by atoms with Gasteiger partial charge in [0.05, 0.1) is 27.7 Å². The summed E-state index contributed by atoms with van der Waals surface area (Å²) in [5, 5.41) is 0. The van der Waals surface area contributed by atoms with Gasteiger partial charge in [0.2, 0.25) is 0 Å². The van der Waals surface area contributed by atoms with E-state index in [-0.39, 0.29) is 32.0 Å². The van der Waals surface area contributed by atoms with Crippen molar-refractivity contribution in [1.29, 1.82) is 0 Å². The fourth-order valence-electron chi connectivity index (χ4n) is 9.22. The first-order valence-electron chi connectivity index (χ1n) is 31.7. The Morgan fingerprint density at radius 3 is 1.09 bits per heavy atom. The summed E-state index contributed by atoms with van der Waals surface area (Å²) in [6.07, 6.45) is 69.7. The second-order valence-electron chi connectivity index (χ2n) is 22.8. The van der Waals surface area contributed by atoms with E-state index in [1.54, 1.807) is 0 Å². The molecule has 0 aliphatic heterocycles. The summed E-state index contributed by atoms with van der Waals surface area (Å²) in [4.78, 5) is 35.6. The SMILES string of the molecule is CCCCCC/C=C\CCCCCCCC(=O)OCC(COP(=O)(O)OCC[N+](C)(C)C)OC(=O)CCCCCCCCCCCCCCCCCCCCCCCCCCC/C=C\C/C=C\CCCCCCC. The molecule has 0 fully saturated rings. The average Bonchev–Trinajstić information content (AvgIpc) is 3.36. The van der Waals surface area contributed by atoms with Crippen molar-refractivity contribution in [3.05, 3.63) is 36.5 Å². The highest BCUT2D eigenvalue weighted by Gasteiger charge is 2.27. The Hall–Kier alpha value is -1.77. The number of rotatable bonds is 59. The third kappa shape index (κ3) is 59.5. The molecule has 0 rings (SSSR count). The molecule has 9 nitrogen and oxygen atoms in total. The van der Waals surface area contributed by atoms with Crippen molar-refractivity contribution in [2.75, 3.05) is 47.5 Å². The molecule has 0 aromatic rings. The van der Waals surface area contributed by atoms with E-state index in [0.717, 1.165) is 57.8 Å². The highest BCUT2D eigenvalue weighted by molar-refractivity contribution is 7.47. The van der Waals surface area contributed by atoms with Gasteiger partial charge >= 0.3 is 19.8 Å². The summed E-state index contributed by atoms with van der Waals surface area (Å²) in [5.41, 5.74) is 0. The summed E-state index contributed by atoms with van der Waals surface area (Å²) < 4.78 is 34.5. The zero-order valence-electron chi connectivity index (χ0n) is 49.6. The maximum Gasteiger partial charge on any atom is 0.472 e. The Labute approximate surface area is 459 Å². The van der Waals surface area contributed by atoms with Gasteiger partial charge < -0.3 is 18.9 Å². The number of hydrogen-bond donors (Lipinski definition) is 1. The van der Waals surface area contributed by atoms with Crippen molar-refractivity contribution in [1.82, 2.24) is 0 Å². The Kier molecular flexibility index (Phi) is 54.6. The zero-order valence-corrected chi connectivity index (χ0v) is 50.5. The van der Waals surface area contributed by atoms with Crippen LogP contribution in [-0.2, 0) is 32.7 Å². The molecule has 0 saturated carbocycles. The average molecular weight is 1070 g/mol. The largest absolute Gasteiger partial charge is 0.472 e. The predicted molar refractivity (Wildman–Crippen MR) is 317 cm³/mol. The van der Waals surface area contributed by atoms with E-state index in [1.807, 2.05) is 21.1 Å². The first kappa shape index (κ1) is 72.2. The van der Waals surface area contributed by atoms with Crippen LogP contribution in [0.5, 0.6) is 0 Å². The Bertz CT molecular complexity index is 1340. The zero-order chi connectivity index (χ0) is 54.2. The number of ether oxygens (including phenoxy) is 2. The van der Waals surface area contributed by atoms with E-state index in [0.29, 0.717) is 17.4 Å². The van der Waals surface area contributed by atoms with Gasteiger partial charge in [0.15, 0.2) is 6.10 Å². The molecular formula is C64H123NO8P+. The highest BCUT2D eigenvalue weighted by atomic mass is 31.2. The van der Waals surface area contributed by atoms with Crippen LogP contribution < -0.4 is 0 Å². The molecular weight excluding hydrogens is 942 g/mol. The number of allylic oxidation sites excluding steroid dienone is 6. The number of likely N-dealkylation sites (N-methyl/N-ethyl adjacent to an activating group) is 1. The molecule has 2 unspecified atom stereocenters. The number of unbranched alkanes of at least 4 members (excludes halogenated alkanes) is 39. The van der Waals surface area contributed by atoms with E-state index < -0.39 is 26.5 Å². The van der Waals surface area contributed by atoms with Crippen LogP contribution in [0, 0.1) is 0 Å². The van der Waals surface area contributed by atoms with Gasteiger partial charge in [-0.25, -0.2) is 4.57 Å². The van der Waals surface area contributed by atoms with Crippen molar-refractivity contribution in [3.63, 3.8) is 0 Å². The highest BCUT2D eigenvalue weighted by Crippen LogP contribution is 2.43. The van der Waals surface area contributed by atoms with Crippen molar-refractivity contribution in [3.8, 4) is 0 Å². The number of phosphoric acid groups is 1. The molecule has 0 heterocycles. The second kappa shape index (κ2) is 56.0. The van der Waals surface area contributed by atoms with Gasteiger partial charge in [-0.05, 0) is 70.6 Å². The van der Waals surface area contributed by atoms with Crippen LogP contribution in [0.4, 0.5) is 0 Å². The quantitative estimate of drug-likeness (QED) is 0.0211. The second-order valence-corrected chi connectivity index (χ2v) is 24.2. The standard InChI is InChI=1S/C64H122NO8P/c1-6-8-10-12-14-16-18-20-21-22-23-24-25-26-27-28-29-30-31-32-33-34-35-36-37-38-39-40-41-42-43-45-47-49-51-53-55-57-64(67)73-62(61-72-74(68,69)71-59-58-65(3,4)5)60-70-63(66)56-54-52-50-48-46-44-19-17-15-13-11-9-7-2/h17-20,22-23,62H,6-16,21,24-61H2,1-5H3/p+1/b19-17-,20-18-,23-22-. The first-order chi connectivity index (χ1) is 36.0. The molecule has 0 aromatic carbocycles. The molecule has 436 valence electrons. The minimum absolute atomic E-state index is 0.0327. The lowest BCUT2D eigenvalue weighted by Gasteiger charge is -2.24. The third-order valence-corrected chi connectivity index (χ3v) is 15.1. The smallest absolute Gasteiger partial charge is 0.462 e. The van der Waals surface area contributed by atoms with Gasteiger partial charge in [0.25, 0.3) is 0 Å². The summed E-state index contributed by atoms with van der Waals surface area (Å²) in [6, 6.07) is 0. The molecule has 0 saturated heterocycles. The number of carbonyl (C=O) groups is 2. The van der Waals surface area contributed by atoms with Crippen molar-refractivity contribution in [2.45, 2.75) is 315 Å². The lowest BCUT2D eigenvalue weighted by molar-refractivity contribution is -0.870. The molecule has 0 aromatic heterocycles. The number of carbonyl (C=O) groups excluding carboxylic acids is 2. The van der Waals surface area contributed by atoms with Gasteiger partial charge in [-0.15, -0.1) is 0 Å². The molecule has 0 radical (unpaired) electrons. The van der Waals surface area contributed by atoms with Crippen LogP contribution >= 0.6 is 7.82 Å². The minimum atomic E-state index is -4.38. The van der Waals surface area contributed by atoms with Crippen LogP contribution in [0.25, 0.3) is 0 Å². The van der Waals surface area contributed by atoms with Crippen LogP contribution in [0.1, 0.15) is 309 Å². The Morgan fingerprint density at radius 1 is 0.419 bits per heavy atom. The molecule has 2 atom stereocenters. The van der Waals surface area contributed by atoms with Crippen LogP contribution in [-0.4, -0.2) is 74.9 Å². The fourth-order valence-corrected chi connectivity index (χ4v) is 9.96. The number of phosphoric ester groups is 1. The lowest BCUT2D eigenvalue weighted by Crippen LogP contribution is -2.37. The van der Waals surface area contributed by atoms with E-state index in [1.165, 1.54) is 218 Å². The van der Waals surface area contributed by atoms with Crippen LogP contribution in [0.15, 0.2) is 36.5 Å². The van der Waals surface area contributed by atoms with E-state index in [4.69, 9.17) is 18.5 Å². The summed E-state index contributed by atoms with van der Waals surface area (Å²) in [6.45, 7) is 4.43. The number of nitrogens with zero attached hydrogens (tertiary/aromatic N) is 1. The lowest BCUT2D eigenvalue weighted by atomic mass is 10.0. The summed E-state index contributed by atoms with van der Waals surface area (Å²) in [7, 11) is 1.49. The van der Waals surface area contributed by atoms with Crippen LogP contribution in [0.3, 0.4) is 0 Å². The van der Waals surface area contributed by atoms with Crippen LogP contribution in [0.2, 0.25) is 0 Å². The molecule has 0 aliphatic carbocycles. The van der Waals surface area contributed by atoms with Crippen molar-refractivity contribution < 1.29 is 42.1 Å². The van der Waals surface area contributed by atoms with Gasteiger partial charge in [-0.3, -0.25) is 18.6 Å². The van der Waals surface area contributed by atoms with Crippen molar-refractivity contribution in [2.24, 2.45) is 0 Å². The maximum absolute atomic E-state index is 12.8. The summed E-state index contributed by atoms with van der Waals surface area (Å²) >= 11 is 0. The topological polar surface area (TPSA) is 108 Å². The summed E-state index contributed by atoms with van der Waals surface area (Å²) in [5.74, 6) is -0.794. The number of esters is 2. The van der Waals surface area contributed by atoms with E-state index in [9.17, 15) is 19.0 Å². The molecule has 74 heavy (non-hydrogen) atoms. The van der Waals surface area contributed by atoms with Gasteiger partial charge in [-0.2, -0.15) is 0 Å². The fraction of sp³-hybridized carbons (Fsp3) is 0.875. The monoisotopic (exact) mass is 1060 g/mol. The van der Waals surface area contributed by atoms with Gasteiger partial charge in [-0.1, -0.05) is 262 Å². The normalized spacial score (nSPS) is 13.4. The number of quaternary nitrogens is 1. The molecule has 0 spiro atoms. The van der Waals surface area contributed by atoms with Gasteiger partial charge in [0, 0.05) is 12.8 Å². The maximum atomic E-state index is 12.8. The number of hydrogen-bond acceptors (Lipinski definition) is 7. The third-order valence-electron chi connectivity index (χ3n) is 14.1. The van der Waals surface area contributed by atoms with Gasteiger partial charge in [0.1, 0.15) is 19.8 Å². The molecule has 0 amide bonds. The first-order valence-corrected chi connectivity index (χ1v) is 33.2.